The zero-order valence-corrected chi connectivity index (χ0v) is 19.7. The van der Waals surface area contributed by atoms with E-state index in [-0.39, 0.29) is 35.4 Å². The summed E-state index contributed by atoms with van der Waals surface area (Å²) in [5.41, 5.74) is 2.42. The van der Waals surface area contributed by atoms with Crippen LogP contribution in [0.2, 0.25) is 0 Å². The van der Waals surface area contributed by atoms with Gasteiger partial charge in [-0.15, -0.1) is 24.0 Å². The molecular weight excluding hydrogens is 487 g/mol. The highest BCUT2D eigenvalue weighted by Gasteiger charge is 2.12. The molecule has 6 nitrogen and oxygen atoms in total. The number of nitrogens with one attached hydrogen (secondary N) is 2. The summed E-state index contributed by atoms with van der Waals surface area (Å²) in [6.07, 6.45) is 0. The van der Waals surface area contributed by atoms with Crippen molar-refractivity contribution in [2.24, 2.45) is 4.99 Å². The Labute approximate surface area is 185 Å². The van der Waals surface area contributed by atoms with Crippen molar-refractivity contribution in [2.45, 2.75) is 25.3 Å². The molecule has 0 aliphatic carbocycles. The van der Waals surface area contributed by atoms with Crippen LogP contribution in [0, 0.1) is 6.92 Å². The van der Waals surface area contributed by atoms with Crippen LogP contribution in [0.25, 0.3) is 0 Å². The third-order valence-electron chi connectivity index (χ3n) is 3.96. The van der Waals surface area contributed by atoms with Crippen LogP contribution in [-0.2, 0) is 16.6 Å². The molecule has 0 aromatic heterocycles. The summed E-state index contributed by atoms with van der Waals surface area (Å²) in [7, 11) is -1.53. The van der Waals surface area contributed by atoms with Gasteiger partial charge in [0.05, 0.1) is 11.4 Å². The second kappa shape index (κ2) is 12.0. The van der Waals surface area contributed by atoms with Crippen LogP contribution in [0.5, 0.6) is 0 Å². The maximum atomic E-state index is 12.2. The van der Waals surface area contributed by atoms with E-state index in [2.05, 4.69) is 46.2 Å². The van der Waals surface area contributed by atoms with Crippen molar-refractivity contribution < 1.29 is 8.42 Å². The van der Waals surface area contributed by atoms with Crippen LogP contribution in [-0.4, -0.2) is 46.0 Å². The Morgan fingerprint density at radius 3 is 2.32 bits per heavy atom. The number of benzene rings is 2. The lowest BCUT2D eigenvalue weighted by molar-refractivity contribution is 0.477. The number of guanidine groups is 1. The molecule has 0 aliphatic rings. The van der Waals surface area contributed by atoms with E-state index in [9.17, 15) is 8.42 Å². The van der Waals surface area contributed by atoms with Gasteiger partial charge in [0.1, 0.15) is 0 Å². The molecule has 28 heavy (non-hydrogen) atoms. The number of aliphatic imine (C=N–C) groups is 1. The minimum absolute atomic E-state index is 0. The van der Waals surface area contributed by atoms with Gasteiger partial charge in [0.25, 0.3) is 0 Å². The highest BCUT2D eigenvalue weighted by atomic mass is 127. The predicted octanol–water partition coefficient (Wildman–Crippen LogP) is 2.99. The van der Waals surface area contributed by atoms with Gasteiger partial charge in [-0.05, 0) is 31.5 Å². The van der Waals surface area contributed by atoms with Gasteiger partial charge >= 0.3 is 0 Å². The van der Waals surface area contributed by atoms with Crippen LogP contribution in [0.4, 0.5) is 0 Å². The fraction of sp³-hybridized carbons (Fsp3) is 0.350. The maximum absolute atomic E-state index is 12.2. The minimum atomic E-state index is -3.50. The molecule has 0 saturated carbocycles. The molecule has 8 heteroatoms. The molecule has 0 aliphatic heterocycles. The summed E-state index contributed by atoms with van der Waals surface area (Å²) in [4.78, 5) is 6.82. The first-order valence-electron chi connectivity index (χ1n) is 9.02. The number of hydrogen-bond acceptors (Lipinski definition) is 3. The van der Waals surface area contributed by atoms with Gasteiger partial charge in [-0.3, -0.25) is 4.99 Å². The maximum Gasteiger partial charge on any atom is 0.240 e. The average Bonchev–Trinajstić information content (AvgIpc) is 2.66. The van der Waals surface area contributed by atoms with E-state index in [0.717, 1.165) is 19.0 Å². The lowest BCUT2D eigenvalue weighted by Gasteiger charge is -2.22. The Balaban J connectivity index is 0.00000392. The number of halogens is 1. The van der Waals surface area contributed by atoms with Gasteiger partial charge in [-0.25, -0.2) is 13.1 Å². The Kier molecular flexibility index (Phi) is 10.5. The van der Waals surface area contributed by atoms with Crippen molar-refractivity contribution in [2.75, 3.05) is 26.7 Å². The van der Waals surface area contributed by atoms with Crippen molar-refractivity contribution in [3.63, 3.8) is 0 Å². The Morgan fingerprint density at radius 2 is 1.71 bits per heavy atom. The first-order valence-corrected chi connectivity index (χ1v) is 10.5. The topological polar surface area (TPSA) is 73.8 Å². The number of hydrogen-bond donors (Lipinski definition) is 2. The molecule has 0 heterocycles. The van der Waals surface area contributed by atoms with Gasteiger partial charge < -0.3 is 10.2 Å². The third-order valence-corrected chi connectivity index (χ3v) is 5.43. The van der Waals surface area contributed by atoms with Crippen molar-refractivity contribution >= 4 is 40.0 Å². The van der Waals surface area contributed by atoms with Crippen LogP contribution in [0.1, 0.15) is 18.1 Å². The van der Waals surface area contributed by atoms with Crippen molar-refractivity contribution in [3.8, 4) is 0 Å². The summed E-state index contributed by atoms with van der Waals surface area (Å²) >= 11 is 0. The first-order chi connectivity index (χ1) is 12.9. The summed E-state index contributed by atoms with van der Waals surface area (Å²) in [5.74, 6) is 0.747. The van der Waals surface area contributed by atoms with Gasteiger partial charge in [-0.1, -0.05) is 48.0 Å². The zero-order valence-electron chi connectivity index (χ0n) is 16.6. The smallest absolute Gasteiger partial charge is 0.240 e. The number of nitrogens with zero attached hydrogens (tertiary/aromatic N) is 2. The fourth-order valence-electron chi connectivity index (χ4n) is 2.54. The fourth-order valence-corrected chi connectivity index (χ4v) is 3.58. The van der Waals surface area contributed by atoms with E-state index >= 15 is 0 Å². The average molecular weight is 516 g/mol. The highest BCUT2D eigenvalue weighted by molar-refractivity contribution is 14.0. The van der Waals surface area contributed by atoms with Crippen LogP contribution in [0.3, 0.4) is 0 Å². The lowest BCUT2D eigenvalue weighted by Crippen LogP contribution is -2.39. The molecule has 2 aromatic rings. The molecule has 2 N–H and O–H groups in total. The SMILES string of the molecule is CCNC(=NCCNS(=O)(=O)c1ccccc1)N(C)Cc1ccc(C)cc1.I. The lowest BCUT2D eigenvalue weighted by atomic mass is 10.1. The van der Waals surface area contributed by atoms with Crippen molar-refractivity contribution in [3.05, 3.63) is 65.7 Å². The second-order valence-electron chi connectivity index (χ2n) is 6.29. The molecule has 0 atom stereocenters. The second-order valence-corrected chi connectivity index (χ2v) is 8.06. The summed E-state index contributed by atoms with van der Waals surface area (Å²) in [6, 6.07) is 16.7. The first kappa shape index (κ1) is 24.4. The molecular formula is C20H29IN4O2S. The van der Waals surface area contributed by atoms with E-state index < -0.39 is 10.0 Å². The molecule has 154 valence electrons. The van der Waals surface area contributed by atoms with Crippen LogP contribution in [0.15, 0.2) is 64.5 Å². The quantitative estimate of drug-likeness (QED) is 0.245. The standard InChI is InChI=1S/C20H28N4O2S.HI/c1-4-21-20(24(3)16-18-12-10-17(2)11-13-18)22-14-15-23-27(25,26)19-8-6-5-7-9-19;/h5-13,23H,4,14-16H2,1-3H3,(H,21,22);1H. The molecule has 0 unspecified atom stereocenters. The van der Waals surface area contributed by atoms with E-state index in [0.29, 0.717) is 6.54 Å². The van der Waals surface area contributed by atoms with Gasteiger partial charge in [0.15, 0.2) is 5.96 Å². The normalized spacial score (nSPS) is 11.6. The van der Waals surface area contributed by atoms with Crippen LogP contribution < -0.4 is 10.0 Å². The van der Waals surface area contributed by atoms with E-state index in [4.69, 9.17) is 0 Å². The summed E-state index contributed by atoms with van der Waals surface area (Å²) < 4.78 is 27.0. The number of rotatable bonds is 8. The number of sulfonamides is 1. The van der Waals surface area contributed by atoms with E-state index in [1.54, 1.807) is 30.3 Å². The van der Waals surface area contributed by atoms with Gasteiger partial charge in [-0.2, -0.15) is 0 Å². The molecule has 2 rings (SSSR count). The predicted molar refractivity (Wildman–Crippen MR) is 126 cm³/mol. The molecule has 0 amide bonds. The Morgan fingerprint density at radius 1 is 1.07 bits per heavy atom. The highest BCUT2D eigenvalue weighted by Crippen LogP contribution is 2.07. The summed E-state index contributed by atoms with van der Waals surface area (Å²) in [6.45, 7) is 6.13. The molecule has 0 fully saturated rings. The number of aryl methyl sites for hydroxylation is 1. The van der Waals surface area contributed by atoms with E-state index in [1.165, 1.54) is 11.1 Å². The zero-order chi connectivity index (χ0) is 19.7. The van der Waals surface area contributed by atoms with Gasteiger partial charge in [0, 0.05) is 26.7 Å². The molecule has 0 radical (unpaired) electrons. The Hall–Kier alpha value is -1.65. The Bertz CT molecular complexity index is 840. The van der Waals surface area contributed by atoms with Crippen molar-refractivity contribution in [1.29, 1.82) is 0 Å². The minimum Gasteiger partial charge on any atom is -0.357 e. The molecule has 0 spiro atoms. The third kappa shape index (κ3) is 7.76. The van der Waals surface area contributed by atoms with Crippen molar-refractivity contribution in [1.82, 2.24) is 14.9 Å². The summed E-state index contributed by atoms with van der Waals surface area (Å²) in [5, 5.41) is 3.24. The van der Waals surface area contributed by atoms with Crippen LogP contribution >= 0.6 is 24.0 Å². The largest absolute Gasteiger partial charge is 0.357 e. The van der Waals surface area contributed by atoms with Gasteiger partial charge in [0.2, 0.25) is 10.0 Å². The van der Waals surface area contributed by atoms with E-state index in [1.807, 2.05) is 18.9 Å². The monoisotopic (exact) mass is 516 g/mol. The molecule has 0 bridgehead atoms. The molecule has 0 saturated heterocycles. The molecule has 2 aromatic carbocycles.